The van der Waals surface area contributed by atoms with Crippen LogP contribution in [0.5, 0.6) is 0 Å². The Hall–Kier alpha value is -1.67. The molecule has 0 unspecified atom stereocenters. The number of carboxylic acids is 1. The number of rotatable bonds is 6. The third kappa shape index (κ3) is 6.73. The fourth-order valence-corrected chi connectivity index (χ4v) is 1.95. The Kier molecular flexibility index (Phi) is 6.23. The van der Waals surface area contributed by atoms with Gasteiger partial charge in [-0.15, -0.1) is 0 Å². The van der Waals surface area contributed by atoms with Crippen molar-refractivity contribution in [3.63, 3.8) is 0 Å². The molecule has 1 fully saturated rings. The molecule has 19 heavy (non-hydrogen) atoms. The highest BCUT2D eigenvalue weighted by molar-refractivity contribution is 5.93. The number of nitrogens with zero attached hydrogens (tertiary/aromatic N) is 2. The van der Waals surface area contributed by atoms with Crippen LogP contribution in [0.4, 0.5) is 4.79 Å². The molecular formula is C11H20N4O4. The summed E-state index contributed by atoms with van der Waals surface area (Å²) in [4.78, 5) is 36.3. The van der Waals surface area contributed by atoms with Crippen molar-refractivity contribution in [3.05, 3.63) is 0 Å². The van der Waals surface area contributed by atoms with E-state index in [0.29, 0.717) is 13.1 Å². The maximum absolute atomic E-state index is 11.2. The first-order valence-corrected chi connectivity index (χ1v) is 6.23. The number of nitrogens with two attached hydrogens (primary N) is 1. The van der Waals surface area contributed by atoms with Crippen molar-refractivity contribution in [3.8, 4) is 0 Å². The highest BCUT2D eigenvalue weighted by Crippen LogP contribution is 2.03. The van der Waals surface area contributed by atoms with Gasteiger partial charge >= 0.3 is 12.0 Å². The van der Waals surface area contributed by atoms with Gasteiger partial charge in [-0.25, -0.2) is 4.79 Å². The molecule has 0 saturated carbocycles. The topological polar surface area (TPSA) is 116 Å². The summed E-state index contributed by atoms with van der Waals surface area (Å²) in [7, 11) is 0. The Labute approximate surface area is 111 Å². The van der Waals surface area contributed by atoms with E-state index in [0.717, 1.165) is 26.2 Å². The standard InChI is InChI=1S/C11H20N4O4/c12-11(19)13-9(16)1-3-14-5-7-15(8-6-14)4-2-10(17)18/h1-8H2,(H,17,18)(H3,12,13,16,19). The molecule has 1 heterocycles. The fraction of sp³-hybridized carbons (Fsp3) is 0.727. The van der Waals surface area contributed by atoms with Crippen molar-refractivity contribution in [2.75, 3.05) is 39.3 Å². The number of primary amides is 1. The van der Waals surface area contributed by atoms with E-state index in [1.54, 1.807) is 0 Å². The Morgan fingerprint density at radius 1 is 1.00 bits per heavy atom. The second-order valence-corrected chi connectivity index (χ2v) is 4.49. The first-order valence-electron chi connectivity index (χ1n) is 6.23. The van der Waals surface area contributed by atoms with Crippen LogP contribution in [0.2, 0.25) is 0 Å². The van der Waals surface area contributed by atoms with Crippen LogP contribution in [-0.4, -0.2) is 72.1 Å². The molecule has 0 aromatic rings. The fourth-order valence-electron chi connectivity index (χ4n) is 1.95. The monoisotopic (exact) mass is 272 g/mol. The number of amides is 3. The number of nitrogens with one attached hydrogen (secondary N) is 1. The molecule has 8 heteroatoms. The van der Waals surface area contributed by atoms with Crippen LogP contribution in [0.1, 0.15) is 12.8 Å². The van der Waals surface area contributed by atoms with Crippen LogP contribution in [0.3, 0.4) is 0 Å². The summed E-state index contributed by atoms with van der Waals surface area (Å²) < 4.78 is 0. The van der Waals surface area contributed by atoms with Crippen LogP contribution < -0.4 is 11.1 Å². The van der Waals surface area contributed by atoms with Crippen LogP contribution in [0.25, 0.3) is 0 Å². The Morgan fingerprint density at radius 2 is 1.47 bits per heavy atom. The molecule has 0 aliphatic carbocycles. The largest absolute Gasteiger partial charge is 0.481 e. The molecule has 1 rings (SSSR count). The van der Waals surface area contributed by atoms with Crippen LogP contribution in [0, 0.1) is 0 Å². The molecule has 8 nitrogen and oxygen atoms in total. The summed E-state index contributed by atoms with van der Waals surface area (Å²) in [6.07, 6.45) is 0.388. The molecule has 0 aromatic carbocycles. The average Bonchev–Trinajstić information content (AvgIpc) is 2.34. The van der Waals surface area contributed by atoms with E-state index in [4.69, 9.17) is 10.8 Å². The van der Waals surface area contributed by atoms with Gasteiger partial charge < -0.3 is 20.6 Å². The van der Waals surface area contributed by atoms with Gasteiger partial charge in [0.2, 0.25) is 5.91 Å². The Balaban J connectivity index is 2.14. The zero-order valence-corrected chi connectivity index (χ0v) is 10.8. The summed E-state index contributed by atoms with van der Waals surface area (Å²) in [5, 5.41) is 10.6. The van der Waals surface area contributed by atoms with Crippen molar-refractivity contribution < 1.29 is 19.5 Å². The van der Waals surface area contributed by atoms with Crippen molar-refractivity contribution in [1.29, 1.82) is 0 Å². The lowest BCUT2D eigenvalue weighted by Crippen LogP contribution is -2.47. The van der Waals surface area contributed by atoms with E-state index < -0.39 is 12.0 Å². The van der Waals surface area contributed by atoms with Crippen molar-refractivity contribution >= 4 is 17.9 Å². The van der Waals surface area contributed by atoms with Crippen molar-refractivity contribution in [2.45, 2.75) is 12.8 Å². The molecule has 3 amide bonds. The Morgan fingerprint density at radius 3 is 1.89 bits per heavy atom. The lowest BCUT2D eigenvalue weighted by atomic mass is 10.2. The molecule has 1 aliphatic rings. The van der Waals surface area contributed by atoms with Crippen LogP contribution >= 0.6 is 0 Å². The lowest BCUT2D eigenvalue weighted by Gasteiger charge is -2.34. The number of carbonyl (C=O) groups excluding carboxylic acids is 2. The average molecular weight is 272 g/mol. The number of hydrogen-bond donors (Lipinski definition) is 3. The van der Waals surface area contributed by atoms with E-state index in [1.807, 2.05) is 5.32 Å². The number of hydrogen-bond acceptors (Lipinski definition) is 5. The zero-order chi connectivity index (χ0) is 14.3. The maximum atomic E-state index is 11.2. The summed E-state index contributed by atoms with van der Waals surface area (Å²) in [6.45, 7) is 4.32. The number of aliphatic carboxylic acids is 1. The molecule has 0 radical (unpaired) electrons. The van der Waals surface area contributed by atoms with Gasteiger partial charge in [-0.3, -0.25) is 14.9 Å². The molecule has 4 N–H and O–H groups in total. The molecule has 1 aliphatic heterocycles. The molecule has 0 aromatic heterocycles. The van der Waals surface area contributed by atoms with Crippen molar-refractivity contribution in [2.24, 2.45) is 5.73 Å². The predicted molar refractivity (Wildman–Crippen MR) is 67.5 cm³/mol. The van der Waals surface area contributed by atoms with Crippen LogP contribution in [-0.2, 0) is 9.59 Å². The Bertz CT molecular complexity index is 340. The summed E-state index contributed by atoms with van der Waals surface area (Å²) in [6, 6.07) is -0.830. The van der Waals surface area contributed by atoms with E-state index in [9.17, 15) is 14.4 Å². The SMILES string of the molecule is NC(=O)NC(=O)CCN1CCN(CCC(=O)O)CC1. The number of urea groups is 1. The highest BCUT2D eigenvalue weighted by atomic mass is 16.4. The number of carbonyl (C=O) groups is 3. The smallest absolute Gasteiger partial charge is 0.318 e. The minimum atomic E-state index is -0.830. The zero-order valence-electron chi connectivity index (χ0n) is 10.8. The van der Waals surface area contributed by atoms with Gasteiger partial charge in [0.1, 0.15) is 0 Å². The second-order valence-electron chi connectivity index (χ2n) is 4.49. The van der Waals surface area contributed by atoms with Gasteiger partial charge in [0, 0.05) is 45.7 Å². The predicted octanol–water partition coefficient (Wildman–Crippen LogP) is -1.34. The summed E-state index contributed by atoms with van der Waals surface area (Å²) >= 11 is 0. The molecule has 108 valence electrons. The highest BCUT2D eigenvalue weighted by Gasteiger charge is 2.18. The molecule has 0 spiro atoms. The van der Waals surface area contributed by atoms with Crippen LogP contribution in [0.15, 0.2) is 0 Å². The van der Waals surface area contributed by atoms with E-state index in [-0.39, 0.29) is 18.7 Å². The minimum absolute atomic E-state index is 0.154. The first kappa shape index (κ1) is 15.4. The maximum Gasteiger partial charge on any atom is 0.318 e. The van der Waals surface area contributed by atoms with Gasteiger partial charge in [0.25, 0.3) is 0 Å². The number of piperazine rings is 1. The van der Waals surface area contributed by atoms with Gasteiger partial charge in [-0.05, 0) is 0 Å². The summed E-state index contributed by atoms with van der Waals surface area (Å²) in [5.74, 6) is -1.16. The number of imide groups is 1. The van der Waals surface area contributed by atoms with Gasteiger partial charge in [0.15, 0.2) is 0 Å². The van der Waals surface area contributed by atoms with Gasteiger partial charge in [-0.1, -0.05) is 0 Å². The van der Waals surface area contributed by atoms with E-state index >= 15 is 0 Å². The first-order chi connectivity index (χ1) is 8.97. The summed E-state index contributed by atoms with van der Waals surface area (Å²) in [5.41, 5.74) is 4.84. The molecular weight excluding hydrogens is 252 g/mol. The van der Waals surface area contributed by atoms with E-state index in [1.165, 1.54) is 0 Å². The van der Waals surface area contributed by atoms with Crippen molar-refractivity contribution in [1.82, 2.24) is 15.1 Å². The quantitative estimate of drug-likeness (QED) is 0.551. The third-order valence-electron chi connectivity index (χ3n) is 3.02. The van der Waals surface area contributed by atoms with E-state index in [2.05, 4.69) is 9.80 Å². The second kappa shape index (κ2) is 7.70. The number of carboxylic acid groups (broad SMARTS) is 1. The molecule has 1 saturated heterocycles. The molecule has 0 atom stereocenters. The normalized spacial score (nSPS) is 17.1. The lowest BCUT2D eigenvalue weighted by molar-refractivity contribution is -0.137. The van der Waals surface area contributed by atoms with Gasteiger partial charge in [-0.2, -0.15) is 0 Å². The van der Waals surface area contributed by atoms with Gasteiger partial charge in [0.05, 0.1) is 6.42 Å². The third-order valence-corrected chi connectivity index (χ3v) is 3.02. The minimum Gasteiger partial charge on any atom is -0.481 e. The molecule has 0 bridgehead atoms.